The molecule has 0 aliphatic carbocycles. The van der Waals surface area contributed by atoms with Crippen LogP contribution in [-0.2, 0) is 0 Å². The van der Waals surface area contributed by atoms with E-state index < -0.39 is 0 Å². The number of piperazine rings is 1. The fourth-order valence-corrected chi connectivity index (χ4v) is 3.49. The molecule has 0 unspecified atom stereocenters. The van der Waals surface area contributed by atoms with Crippen molar-refractivity contribution in [2.24, 2.45) is 0 Å². The Balaban J connectivity index is 1.69. The second kappa shape index (κ2) is 7.56. The molecule has 1 aromatic carbocycles. The average molecular weight is 387 g/mol. The Morgan fingerprint density at radius 3 is 2.15 bits per heavy atom. The van der Waals surface area contributed by atoms with Crippen LogP contribution in [0.3, 0.4) is 0 Å². The SMILES string of the molecule is Cc1cnc(C(=O)N2CCN(C(=O)c3cc(C)c(N)cc3Cl)CC2)c(C)c1. The Hall–Kier alpha value is -2.60. The number of hydrogen-bond acceptors (Lipinski definition) is 4. The predicted molar refractivity (Wildman–Crippen MR) is 106 cm³/mol. The van der Waals surface area contributed by atoms with Gasteiger partial charge in [0.15, 0.2) is 0 Å². The maximum Gasteiger partial charge on any atom is 0.272 e. The number of carbonyl (C=O) groups is 2. The molecule has 6 nitrogen and oxygen atoms in total. The predicted octanol–water partition coefficient (Wildman–Crippen LogP) is 2.84. The molecule has 2 N–H and O–H groups in total. The molecule has 0 bridgehead atoms. The van der Waals surface area contributed by atoms with Crippen LogP contribution in [0.15, 0.2) is 24.4 Å². The Kier molecular flexibility index (Phi) is 5.37. The van der Waals surface area contributed by atoms with Crippen LogP contribution in [0.1, 0.15) is 37.5 Å². The third kappa shape index (κ3) is 3.90. The quantitative estimate of drug-likeness (QED) is 0.805. The number of rotatable bonds is 2. The number of hydrogen-bond donors (Lipinski definition) is 1. The number of benzene rings is 1. The molecule has 3 rings (SSSR count). The highest BCUT2D eigenvalue weighted by molar-refractivity contribution is 6.34. The summed E-state index contributed by atoms with van der Waals surface area (Å²) in [4.78, 5) is 33.3. The van der Waals surface area contributed by atoms with Gasteiger partial charge in [-0.1, -0.05) is 17.7 Å². The van der Waals surface area contributed by atoms with Crippen molar-refractivity contribution < 1.29 is 9.59 Å². The van der Waals surface area contributed by atoms with Gasteiger partial charge in [-0.25, -0.2) is 0 Å². The molecule has 2 aromatic rings. The van der Waals surface area contributed by atoms with Gasteiger partial charge in [0.2, 0.25) is 0 Å². The lowest BCUT2D eigenvalue weighted by atomic mass is 10.1. The molecule has 0 saturated carbocycles. The fourth-order valence-electron chi connectivity index (χ4n) is 3.23. The van der Waals surface area contributed by atoms with E-state index in [1.54, 1.807) is 28.1 Å². The topological polar surface area (TPSA) is 79.5 Å². The van der Waals surface area contributed by atoms with Gasteiger partial charge in [-0.3, -0.25) is 14.6 Å². The fraction of sp³-hybridized carbons (Fsp3) is 0.350. The van der Waals surface area contributed by atoms with Crippen molar-refractivity contribution >= 4 is 29.1 Å². The van der Waals surface area contributed by atoms with Crippen molar-refractivity contribution in [3.8, 4) is 0 Å². The number of nitrogens with zero attached hydrogens (tertiary/aromatic N) is 3. The molecule has 142 valence electrons. The van der Waals surface area contributed by atoms with Gasteiger partial charge in [-0.15, -0.1) is 0 Å². The summed E-state index contributed by atoms with van der Waals surface area (Å²) in [5, 5.41) is 0.348. The van der Waals surface area contributed by atoms with Crippen LogP contribution in [0, 0.1) is 20.8 Å². The zero-order valence-corrected chi connectivity index (χ0v) is 16.5. The Bertz CT molecular complexity index is 905. The number of nitrogen functional groups attached to an aromatic ring is 1. The number of amides is 2. The summed E-state index contributed by atoms with van der Waals surface area (Å²) < 4.78 is 0. The van der Waals surface area contributed by atoms with E-state index in [-0.39, 0.29) is 11.8 Å². The number of pyridine rings is 1. The molecule has 2 heterocycles. The number of aryl methyl sites for hydroxylation is 3. The van der Waals surface area contributed by atoms with E-state index in [0.29, 0.717) is 48.1 Å². The Morgan fingerprint density at radius 1 is 0.963 bits per heavy atom. The van der Waals surface area contributed by atoms with E-state index >= 15 is 0 Å². The van der Waals surface area contributed by atoms with Gasteiger partial charge < -0.3 is 15.5 Å². The lowest BCUT2D eigenvalue weighted by Crippen LogP contribution is -2.50. The van der Waals surface area contributed by atoms with Gasteiger partial charge in [0.1, 0.15) is 5.69 Å². The van der Waals surface area contributed by atoms with Crippen LogP contribution in [0.2, 0.25) is 5.02 Å². The van der Waals surface area contributed by atoms with Gasteiger partial charge in [0.05, 0.1) is 10.6 Å². The van der Waals surface area contributed by atoms with E-state index in [2.05, 4.69) is 4.98 Å². The largest absolute Gasteiger partial charge is 0.398 e. The van der Waals surface area contributed by atoms with Crippen LogP contribution >= 0.6 is 11.6 Å². The maximum absolute atomic E-state index is 12.8. The smallest absolute Gasteiger partial charge is 0.272 e. The molecule has 27 heavy (non-hydrogen) atoms. The molecule has 1 saturated heterocycles. The van der Waals surface area contributed by atoms with E-state index in [1.807, 2.05) is 26.8 Å². The summed E-state index contributed by atoms with van der Waals surface area (Å²) in [6.07, 6.45) is 1.70. The van der Waals surface area contributed by atoms with E-state index in [0.717, 1.165) is 16.7 Å². The van der Waals surface area contributed by atoms with E-state index in [4.69, 9.17) is 17.3 Å². The summed E-state index contributed by atoms with van der Waals surface area (Å²) in [6, 6.07) is 5.28. The van der Waals surface area contributed by atoms with Crippen LogP contribution < -0.4 is 5.73 Å². The molecular weight excluding hydrogens is 364 g/mol. The normalized spacial score (nSPS) is 14.4. The monoisotopic (exact) mass is 386 g/mol. The summed E-state index contributed by atoms with van der Waals surface area (Å²) in [6.45, 7) is 7.51. The standard InChI is InChI=1S/C20H23ClN4O2/c1-12-8-14(3)18(23-11-12)20(27)25-6-4-24(5-7-25)19(26)15-9-13(2)17(22)10-16(15)21/h8-11H,4-7,22H2,1-3H3. The van der Waals surface area contributed by atoms with Crippen molar-refractivity contribution in [2.75, 3.05) is 31.9 Å². The molecule has 1 aliphatic heterocycles. The van der Waals surface area contributed by atoms with Crippen molar-refractivity contribution in [1.82, 2.24) is 14.8 Å². The van der Waals surface area contributed by atoms with Gasteiger partial charge in [-0.2, -0.15) is 0 Å². The zero-order chi connectivity index (χ0) is 19.7. The van der Waals surface area contributed by atoms with Gasteiger partial charge in [0.25, 0.3) is 11.8 Å². The lowest BCUT2D eigenvalue weighted by Gasteiger charge is -2.35. The molecule has 0 radical (unpaired) electrons. The number of aromatic nitrogens is 1. The molecule has 0 spiro atoms. The van der Waals surface area contributed by atoms with Crippen molar-refractivity contribution in [2.45, 2.75) is 20.8 Å². The lowest BCUT2D eigenvalue weighted by molar-refractivity contribution is 0.0532. The highest BCUT2D eigenvalue weighted by Crippen LogP contribution is 2.25. The zero-order valence-electron chi connectivity index (χ0n) is 15.8. The van der Waals surface area contributed by atoms with Crippen LogP contribution in [0.4, 0.5) is 5.69 Å². The second-order valence-corrected chi connectivity index (χ2v) is 7.36. The highest BCUT2D eigenvalue weighted by Gasteiger charge is 2.27. The van der Waals surface area contributed by atoms with Crippen molar-refractivity contribution in [3.05, 3.63) is 57.4 Å². The average Bonchev–Trinajstić information content (AvgIpc) is 2.64. The number of anilines is 1. The van der Waals surface area contributed by atoms with Crippen molar-refractivity contribution in [1.29, 1.82) is 0 Å². The van der Waals surface area contributed by atoms with Crippen molar-refractivity contribution in [3.63, 3.8) is 0 Å². The minimum atomic E-state index is -0.139. The first-order valence-corrected chi connectivity index (χ1v) is 9.23. The van der Waals surface area contributed by atoms with E-state index in [9.17, 15) is 9.59 Å². The van der Waals surface area contributed by atoms with E-state index in [1.165, 1.54) is 0 Å². The number of nitrogens with two attached hydrogens (primary N) is 1. The third-order valence-corrected chi connectivity index (χ3v) is 5.17. The minimum absolute atomic E-state index is 0.0963. The summed E-state index contributed by atoms with van der Waals surface area (Å²) >= 11 is 6.20. The van der Waals surface area contributed by atoms with Gasteiger partial charge in [-0.05, 0) is 49.6 Å². The molecule has 1 aromatic heterocycles. The molecule has 2 amide bonds. The molecule has 7 heteroatoms. The first-order chi connectivity index (χ1) is 12.8. The van der Waals surface area contributed by atoms with Crippen LogP contribution in [0.25, 0.3) is 0 Å². The summed E-state index contributed by atoms with van der Waals surface area (Å²) in [5.41, 5.74) is 10.0. The first kappa shape index (κ1) is 19.2. The first-order valence-electron chi connectivity index (χ1n) is 8.85. The minimum Gasteiger partial charge on any atom is -0.398 e. The Labute approximate surface area is 163 Å². The van der Waals surface area contributed by atoms with Gasteiger partial charge >= 0.3 is 0 Å². The number of carbonyl (C=O) groups excluding carboxylic acids is 2. The maximum atomic E-state index is 12.8. The Morgan fingerprint density at radius 2 is 1.56 bits per heavy atom. The van der Waals surface area contributed by atoms with Gasteiger partial charge in [0, 0.05) is 38.1 Å². The second-order valence-electron chi connectivity index (χ2n) is 6.95. The summed E-state index contributed by atoms with van der Waals surface area (Å²) in [7, 11) is 0. The molecule has 0 atom stereocenters. The summed E-state index contributed by atoms with van der Waals surface area (Å²) in [5.74, 6) is -0.235. The third-order valence-electron chi connectivity index (χ3n) is 4.86. The van der Waals surface area contributed by atoms with Crippen LogP contribution in [-0.4, -0.2) is 52.8 Å². The molecule has 1 fully saturated rings. The highest BCUT2D eigenvalue weighted by atomic mass is 35.5. The number of halogens is 1. The molecule has 1 aliphatic rings. The molecular formula is C20H23ClN4O2. The van der Waals surface area contributed by atoms with Crippen LogP contribution in [0.5, 0.6) is 0 Å².